The summed E-state index contributed by atoms with van der Waals surface area (Å²) in [6.07, 6.45) is 2.28. The second-order valence-electron chi connectivity index (χ2n) is 6.95. The minimum absolute atomic E-state index is 0.156. The summed E-state index contributed by atoms with van der Waals surface area (Å²) in [7, 11) is 0. The van der Waals surface area contributed by atoms with E-state index >= 15 is 0 Å². The van der Waals surface area contributed by atoms with E-state index in [0.29, 0.717) is 48.1 Å². The summed E-state index contributed by atoms with van der Waals surface area (Å²) in [4.78, 5) is 45.1. The van der Waals surface area contributed by atoms with Gasteiger partial charge in [-0.1, -0.05) is 0 Å². The molecule has 0 atom stereocenters. The van der Waals surface area contributed by atoms with E-state index in [1.807, 2.05) is 0 Å². The Morgan fingerprint density at radius 1 is 0.412 bits per heavy atom. The molecule has 10 nitrogen and oxygen atoms in total. The first-order valence-electron chi connectivity index (χ1n) is 10.5. The lowest BCUT2D eigenvalue weighted by Crippen LogP contribution is -2.16. The zero-order valence-electron chi connectivity index (χ0n) is 18.4. The predicted molar refractivity (Wildman–Crippen MR) is 118 cm³/mol. The van der Waals surface area contributed by atoms with Gasteiger partial charge in [-0.05, 0) is 24.3 Å². The molecule has 0 amide bonds. The molecule has 2 aromatic carbocycles. The van der Waals surface area contributed by atoms with Crippen LogP contribution in [0.4, 0.5) is 0 Å². The minimum atomic E-state index is 0.156. The fourth-order valence-corrected chi connectivity index (χ4v) is 3.09. The number of hydrogen-bond donors (Lipinski definition) is 0. The van der Waals surface area contributed by atoms with Crippen LogP contribution in [0, 0.1) is 0 Å². The van der Waals surface area contributed by atoms with Crippen LogP contribution >= 0.6 is 0 Å². The molecule has 180 valence electrons. The molecule has 0 N–H and O–H groups in total. The van der Waals surface area contributed by atoms with Gasteiger partial charge in [0.25, 0.3) is 0 Å². The zero-order chi connectivity index (χ0) is 24.2. The highest BCUT2D eigenvalue weighted by Gasteiger charge is 2.14. The van der Waals surface area contributed by atoms with Crippen molar-refractivity contribution < 1.29 is 47.6 Å². The van der Waals surface area contributed by atoms with Gasteiger partial charge in [0.15, 0.2) is 48.1 Å². The molecule has 0 aliphatic carbocycles. The molecule has 0 saturated carbocycles. The Hall–Kier alpha value is -3.76. The van der Waals surface area contributed by atoms with E-state index in [4.69, 9.17) is 28.4 Å². The van der Waals surface area contributed by atoms with Crippen LogP contribution in [-0.2, 0) is 9.47 Å². The maximum Gasteiger partial charge on any atom is 0.162 e. The molecule has 0 unspecified atom stereocenters. The van der Waals surface area contributed by atoms with Gasteiger partial charge in [-0.3, -0.25) is 19.2 Å². The van der Waals surface area contributed by atoms with Crippen LogP contribution in [0.25, 0.3) is 0 Å². The van der Waals surface area contributed by atoms with Crippen molar-refractivity contribution in [3.63, 3.8) is 0 Å². The lowest BCUT2D eigenvalue weighted by atomic mass is 10.1. The Kier molecular flexibility index (Phi) is 9.56. The predicted octanol–water partition coefficient (Wildman–Crippen LogP) is 2.20. The first-order valence-corrected chi connectivity index (χ1v) is 10.5. The Morgan fingerprint density at radius 2 is 0.647 bits per heavy atom. The standard InChI is InChI=1S/C24H24O10/c25-13-17-9-21-22(10-18(17)14-26)33-7-3-30-4-8-34-24-12-20(16-28)19(15-27)11-23(24)32-6-2-29-1-5-31-21/h9-16H,1-8H2. The Balaban J connectivity index is 1.71. The molecule has 0 aromatic heterocycles. The van der Waals surface area contributed by atoms with Gasteiger partial charge in [0.05, 0.1) is 26.4 Å². The van der Waals surface area contributed by atoms with E-state index in [1.165, 1.54) is 24.3 Å². The summed E-state index contributed by atoms with van der Waals surface area (Å²) in [6, 6.07) is 5.77. The number of carbonyl (C=O) groups excluding carboxylic acids is 4. The van der Waals surface area contributed by atoms with Crippen LogP contribution < -0.4 is 18.9 Å². The van der Waals surface area contributed by atoms with Gasteiger partial charge < -0.3 is 28.4 Å². The number of aldehydes is 4. The third-order valence-corrected chi connectivity index (χ3v) is 4.75. The van der Waals surface area contributed by atoms with Gasteiger partial charge in [-0.2, -0.15) is 0 Å². The van der Waals surface area contributed by atoms with E-state index in [9.17, 15) is 19.2 Å². The highest BCUT2D eigenvalue weighted by molar-refractivity contribution is 5.92. The number of ether oxygens (including phenoxy) is 6. The number of fused-ring (bicyclic) bond motifs is 2. The molecule has 0 fully saturated rings. The monoisotopic (exact) mass is 472 g/mol. The first-order chi connectivity index (χ1) is 16.7. The van der Waals surface area contributed by atoms with Crippen molar-refractivity contribution in [3.05, 3.63) is 46.5 Å². The largest absolute Gasteiger partial charge is 0.487 e. The molecule has 0 saturated heterocycles. The van der Waals surface area contributed by atoms with Crippen molar-refractivity contribution in [2.75, 3.05) is 52.9 Å². The maximum absolute atomic E-state index is 11.3. The molecule has 1 aliphatic heterocycles. The minimum Gasteiger partial charge on any atom is -0.487 e. The Morgan fingerprint density at radius 3 is 0.853 bits per heavy atom. The van der Waals surface area contributed by atoms with E-state index < -0.39 is 0 Å². The van der Waals surface area contributed by atoms with Crippen molar-refractivity contribution in [1.82, 2.24) is 0 Å². The number of hydrogen-bond acceptors (Lipinski definition) is 10. The fourth-order valence-electron chi connectivity index (χ4n) is 3.09. The average Bonchev–Trinajstić information content (AvgIpc) is 2.87. The SMILES string of the molecule is O=Cc1cc2c(cc1C=O)OCCOCCOc1cc(C=O)c(C=O)cc1OCCOCCO2. The number of benzene rings is 2. The summed E-state index contributed by atoms with van der Waals surface area (Å²) >= 11 is 0. The van der Waals surface area contributed by atoms with E-state index in [-0.39, 0.29) is 75.1 Å². The van der Waals surface area contributed by atoms with Crippen LogP contribution in [0.3, 0.4) is 0 Å². The summed E-state index contributed by atoms with van der Waals surface area (Å²) in [6.45, 7) is 1.48. The molecule has 10 heteroatoms. The smallest absolute Gasteiger partial charge is 0.162 e. The van der Waals surface area contributed by atoms with Gasteiger partial charge in [-0.15, -0.1) is 0 Å². The van der Waals surface area contributed by atoms with Crippen molar-refractivity contribution in [2.24, 2.45) is 0 Å². The van der Waals surface area contributed by atoms with Crippen molar-refractivity contribution in [2.45, 2.75) is 0 Å². The Bertz CT molecular complexity index is 858. The third kappa shape index (κ3) is 6.63. The average molecular weight is 472 g/mol. The molecule has 0 radical (unpaired) electrons. The molecule has 34 heavy (non-hydrogen) atoms. The van der Waals surface area contributed by atoms with Crippen LogP contribution in [0.5, 0.6) is 23.0 Å². The lowest BCUT2D eigenvalue weighted by molar-refractivity contribution is 0.0639. The molecule has 0 spiro atoms. The normalized spacial score (nSPS) is 15.3. The highest BCUT2D eigenvalue weighted by atomic mass is 16.6. The maximum atomic E-state index is 11.3. The van der Waals surface area contributed by atoms with Gasteiger partial charge >= 0.3 is 0 Å². The van der Waals surface area contributed by atoms with Crippen LogP contribution in [-0.4, -0.2) is 78.0 Å². The first kappa shape index (κ1) is 24.9. The number of carbonyl (C=O) groups is 4. The molecule has 1 heterocycles. The second-order valence-corrected chi connectivity index (χ2v) is 6.95. The van der Waals surface area contributed by atoms with Crippen molar-refractivity contribution in [3.8, 4) is 23.0 Å². The summed E-state index contributed by atoms with van der Waals surface area (Å²) < 4.78 is 33.8. The highest BCUT2D eigenvalue weighted by Crippen LogP contribution is 2.31. The van der Waals surface area contributed by atoms with Crippen molar-refractivity contribution >= 4 is 25.1 Å². The third-order valence-electron chi connectivity index (χ3n) is 4.75. The second kappa shape index (κ2) is 13.1. The van der Waals surface area contributed by atoms with Crippen LogP contribution in [0.1, 0.15) is 41.4 Å². The van der Waals surface area contributed by atoms with Gasteiger partial charge in [-0.25, -0.2) is 0 Å². The van der Waals surface area contributed by atoms with Crippen LogP contribution in [0.2, 0.25) is 0 Å². The summed E-state index contributed by atoms with van der Waals surface area (Å²) in [5.41, 5.74) is 0.753. The van der Waals surface area contributed by atoms with E-state index in [2.05, 4.69) is 0 Å². The summed E-state index contributed by atoms with van der Waals surface area (Å²) in [5.74, 6) is 1.22. The molecule has 2 aromatic rings. The quantitative estimate of drug-likeness (QED) is 0.612. The molecule has 0 bridgehead atoms. The molecule has 3 rings (SSSR count). The molecular weight excluding hydrogens is 448 g/mol. The van der Waals surface area contributed by atoms with Crippen LogP contribution in [0.15, 0.2) is 24.3 Å². The van der Waals surface area contributed by atoms with Gasteiger partial charge in [0, 0.05) is 22.3 Å². The van der Waals surface area contributed by atoms with Crippen molar-refractivity contribution in [1.29, 1.82) is 0 Å². The van der Waals surface area contributed by atoms with Gasteiger partial charge in [0.1, 0.15) is 26.4 Å². The number of rotatable bonds is 4. The lowest BCUT2D eigenvalue weighted by Gasteiger charge is -2.17. The molecule has 1 aliphatic rings. The zero-order valence-corrected chi connectivity index (χ0v) is 18.4. The fraction of sp³-hybridized carbons (Fsp3) is 0.333. The van der Waals surface area contributed by atoms with E-state index in [1.54, 1.807) is 0 Å². The Labute approximate surface area is 195 Å². The van der Waals surface area contributed by atoms with Gasteiger partial charge in [0.2, 0.25) is 0 Å². The van der Waals surface area contributed by atoms with E-state index in [0.717, 1.165) is 0 Å². The topological polar surface area (TPSA) is 124 Å². The molecular formula is C24H24O10. The summed E-state index contributed by atoms with van der Waals surface area (Å²) in [5, 5.41) is 0.